The van der Waals surface area contributed by atoms with E-state index in [0.717, 1.165) is 55.3 Å². The maximum atomic E-state index is 11.9. The number of anilines is 1. The Morgan fingerprint density at radius 3 is 2.35 bits per heavy atom. The van der Waals surface area contributed by atoms with E-state index in [1.807, 2.05) is 6.07 Å². The fourth-order valence-corrected chi connectivity index (χ4v) is 5.02. The second kappa shape index (κ2) is 11.5. The topological polar surface area (TPSA) is 73.7 Å². The van der Waals surface area contributed by atoms with E-state index < -0.39 is 0 Å². The molecule has 5 rings (SSSR count). The second-order valence-corrected chi connectivity index (χ2v) is 10.4. The molecule has 0 radical (unpaired) electrons. The van der Waals surface area contributed by atoms with Crippen molar-refractivity contribution < 1.29 is 4.79 Å². The van der Waals surface area contributed by atoms with Gasteiger partial charge < -0.3 is 15.1 Å². The molecule has 2 aromatic carbocycles. The summed E-state index contributed by atoms with van der Waals surface area (Å²) in [4.78, 5) is 21.5. The highest BCUT2D eigenvalue weighted by molar-refractivity contribution is 5.95. The molecule has 192 valence electrons. The minimum Gasteiger partial charge on any atom is -0.355 e. The van der Waals surface area contributed by atoms with E-state index in [9.17, 15) is 4.79 Å². The lowest BCUT2D eigenvalue weighted by Crippen LogP contribution is -2.49. The minimum absolute atomic E-state index is 0.123. The Kier molecular flexibility index (Phi) is 7.78. The monoisotopic (exact) mass is 496 g/mol. The molecule has 3 heterocycles. The number of amidine groups is 1. The van der Waals surface area contributed by atoms with E-state index in [2.05, 4.69) is 94.7 Å². The number of aliphatic imine (C=N–C) groups is 1. The van der Waals surface area contributed by atoms with Crippen molar-refractivity contribution in [2.75, 3.05) is 44.2 Å². The van der Waals surface area contributed by atoms with Gasteiger partial charge in [-0.15, -0.1) is 5.10 Å². The average Bonchev–Trinajstić information content (AvgIpc) is 2.93. The van der Waals surface area contributed by atoms with Gasteiger partial charge >= 0.3 is 0 Å². The van der Waals surface area contributed by atoms with Crippen molar-refractivity contribution in [1.82, 2.24) is 20.4 Å². The molecule has 1 N–H and O–H groups in total. The first kappa shape index (κ1) is 24.9. The lowest BCUT2D eigenvalue weighted by molar-refractivity contribution is -0.121. The van der Waals surface area contributed by atoms with E-state index in [4.69, 9.17) is 10.1 Å². The summed E-state index contributed by atoms with van der Waals surface area (Å²) >= 11 is 0. The molecule has 2 aliphatic heterocycles. The second-order valence-electron chi connectivity index (χ2n) is 10.4. The van der Waals surface area contributed by atoms with Crippen LogP contribution in [0, 0.1) is 11.8 Å². The highest BCUT2D eigenvalue weighted by atomic mass is 16.1. The Bertz CT molecular complexity index is 1280. The average molecular weight is 497 g/mol. The van der Waals surface area contributed by atoms with Crippen LogP contribution in [0.15, 0.2) is 71.7 Å². The van der Waals surface area contributed by atoms with Crippen molar-refractivity contribution in [3.05, 3.63) is 78.0 Å². The van der Waals surface area contributed by atoms with Gasteiger partial charge in [-0.3, -0.25) is 9.79 Å². The molecule has 7 heteroatoms. The van der Waals surface area contributed by atoms with Gasteiger partial charge in [0.2, 0.25) is 5.91 Å². The summed E-state index contributed by atoms with van der Waals surface area (Å²) in [7, 11) is 0. The number of benzene rings is 2. The SMILES string of the molecule is CC(C)CC(=O)NCC1C=CC(N2CCN(c3nnc(Cc4ccccc4)c4ccccc34)CC2)=NC1. The van der Waals surface area contributed by atoms with Crippen LogP contribution in [-0.4, -0.2) is 66.1 Å². The van der Waals surface area contributed by atoms with Crippen molar-refractivity contribution in [1.29, 1.82) is 0 Å². The van der Waals surface area contributed by atoms with Crippen molar-refractivity contribution in [2.45, 2.75) is 26.7 Å². The van der Waals surface area contributed by atoms with Gasteiger partial charge in [0.25, 0.3) is 0 Å². The fraction of sp³-hybridized carbons (Fsp3) is 0.400. The maximum Gasteiger partial charge on any atom is 0.220 e. The number of rotatable bonds is 7. The normalized spacial score (nSPS) is 17.8. The third-order valence-corrected chi connectivity index (χ3v) is 7.02. The third-order valence-electron chi connectivity index (χ3n) is 7.02. The lowest BCUT2D eigenvalue weighted by atomic mass is 10.0. The molecule has 0 bridgehead atoms. The maximum absolute atomic E-state index is 11.9. The molecule has 0 saturated carbocycles. The number of amides is 1. The summed E-state index contributed by atoms with van der Waals surface area (Å²) in [5.41, 5.74) is 2.26. The Balaban J connectivity index is 1.19. The molecule has 37 heavy (non-hydrogen) atoms. The van der Waals surface area contributed by atoms with Gasteiger partial charge in [0.15, 0.2) is 5.82 Å². The molecule has 2 aliphatic rings. The molecule has 0 spiro atoms. The summed E-state index contributed by atoms with van der Waals surface area (Å²) in [6, 6.07) is 18.9. The van der Waals surface area contributed by atoms with Crippen LogP contribution in [-0.2, 0) is 11.2 Å². The van der Waals surface area contributed by atoms with Gasteiger partial charge in [-0.25, -0.2) is 0 Å². The summed E-state index contributed by atoms with van der Waals surface area (Å²) in [5.74, 6) is 2.76. The first-order valence-corrected chi connectivity index (χ1v) is 13.3. The smallest absolute Gasteiger partial charge is 0.220 e. The molecule has 1 amide bonds. The summed E-state index contributed by atoms with van der Waals surface area (Å²) in [5, 5.41) is 14.7. The predicted octanol–water partition coefficient (Wildman–Crippen LogP) is 4.09. The van der Waals surface area contributed by atoms with E-state index in [1.165, 1.54) is 10.9 Å². The molecular weight excluding hydrogens is 460 g/mol. The summed E-state index contributed by atoms with van der Waals surface area (Å²) in [6.45, 7) is 9.02. The molecular formula is C30H36N6O. The van der Waals surface area contributed by atoms with Gasteiger partial charge in [0.05, 0.1) is 5.69 Å². The molecule has 0 aliphatic carbocycles. The van der Waals surface area contributed by atoms with Crippen molar-refractivity contribution >= 4 is 28.3 Å². The zero-order valence-electron chi connectivity index (χ0n) is 21.8. The molecule has 1 saturated heterocycles. The van der Waals surface area contributed by atoms with E-state index >= 15 is 0 Å². The Morgan fingerprint density at radius 1 is 0.946 bits per heavy atom. The van der Waals surface area contributed by atoms with Gasteiger partial charge in [0, 0.05) is 68.8 Å². The van der Waals surface area contributed by atoms with E-state index in [0.29, 0.717) is 25.4 Å². The molecule has 1 fully saturated rings. The number of dihydropyridines is 1. The quantitative estimate of drug-likeness (QED) is 0.533. The first-order valence-electron chi connectivity index (χ1n) is 13.3. The Morgan fingerprint density at radius 2 is 1.65 bits per heavy atom. The molecule has 1 aromatic heterocycles. The highest BCUT2D eigenvalue weighted by Crippen LogP contribution is 2.28. The van der Waals surface area contributed by atoms with Gasteiger partial charge in [0.1, 0.15) is 5.84 Å². The van der Waals surface area contributed by atoms with Crippen LogP contribution in [0.25, 0.3) is 10.8 Å². The van der Waals surface area contributed by atoms with Gasteiger partial charge in [-0.1, -0.05) is 74.5 Å². The van der Waals surface area contributed by atoms with Crippen molar-refractivity contribution in [2.24, 2.45) is 16.8 Å². The number of fused-ring (bicyclic) bond motifs is 1. The van der Waals surface area contributed by atoms with Crippen molar-refractivity contribution in [3.8, 4) is 0 Å². The highest BCUT2D eigenvalue weighted by Gasteiger charge is 2.23. The number of hydrogen-bond acceptors (Lipinski definition) is 6. The Labute approximate surface area is 219 Å². The van der Waals surface area contributed by atoms with Crippen LogP contribution in [0.2, 0.25) is 0 Å². The number of hydrogen-bond donors (Lipinski definition) is 1. The summed E-state index contributed by atoms with van der Waals surface area (Å²) in [6.07, 6.45) is 5.66. The molecule has 3 aromatic rings. The first-order chi connectivity index (χ1) is 18.1. The van der Waals surface area contributed by atoms with Gasteiger partial charge in [-0.05, 0) is 17.6 Å². The predicted molar refractivity (Wildman–Crippen MR) is 150 cm³/mol. The van der Waals surface area contributed by atoms with Crippen LogP contribution in [0.5, 0.6) is 0 Å². The summed E-state index contributed by atoms with van der Waals surface area (Å²) < 4.78 is 0. The number of carbonyl (C=O) groups is 1. The Hall–Kier alpha value is -3.74. The van der Waals surface area contributed by atoms with Crippen LogP contribution < -0.4 is 10.2 Å². The molecule has 1 atom stereocenters. The van der Waals surface area contributed by atoms with Crippen LogP contribution >= 0.6 is 0 Å². The van der Waals surface area contributed by atoms with Crippen LogP contribution in [0.1, 0.15) is 31.5 Å². The van der Waals surface area contributed by atoms with Crippen LogP contribution in [0.4, 0.5) is 5.82 Å². The van der Waals surface area contributed by atoms with Gasteiger partial charge in [-0.2, -0.15) is 5.10 Å². The number of piperazine rings is 1. The zero-order chi connectivity index (χ0) is 25.6. The van der Waals surface area contributed by atoms with E-state index in [1.54, 1.807) is 0 Å². The lowest BCUT2D eigenvalue weighted by Gasteiger charge is -2.37. The minimum atomic E-state index is 0.123. The number of aromatic nitrogens is 2. The third kappa shape index (κ3) is 6.16. The van der Waals surface area contributed by atoms with Crippen molar-refractivity contribution in [3.63, 3.8) is 0 Å². The molecule has 7 nitrogen and oxygen atoms in total. The zero-order valence-corrected chi connectivity index (χ0v) is 21.8. The van der Waals surface area contributed by atoms with E-state index in [-0.39, 0.29) is 11.8 Å². The fourth-order valence-electron chi connectivity index (χ4n) is 5.02. The molecule has 1 unspecified atom stereocenters. The number of nitrogens with zero attached hydrogens (tertiary/aromatic N) is 5. The largest absolute Gasteiger partial charge is 0.355 e. The number of carbonyl (C=O) groups excluding carboxylic acids is 1. The van der Waals surface area contributed by atoms with Crippen LogP contribution in [0.3, 0.4) is 0 Å². The number of nitrogens with one attached hydrogen (secondary N) is 1. The standard InChI is InChI=1S/C30H36N6O/c1-22(2)18-29(37)32-21-24-12-13-28(31-20-24)35-14-16-36(17-15-35)30-26-11-7-6-10-25(26)27(33-34-30)19-23-8-4-3-5-9-23/h3-13,22,24H,14-21H2,1-2H3,(H,32,37).